The van der Waals surface area contributed by atoms with Crippen LogP contribution in [0.2, 0.25) is 0 Å². The van der Waals surface area contributed by atoms with Crippen LogP contribution in [-0.4, -0.2) is 23.3 Å². The fourth-order valence-electron chi connectivity index (χ4n) is 4.94. The lowest BCUT2D eigenvalue weighted by molar-refractivity contribution is -0.116. The molecule has 0 saturated heterocycles. The molecule has 7 heteroatoms. The van der Waals surface area contributed by atoms with Crippen LogP contribution >= 0.6 is 0 Å². The van der Waals surface area contributed by atoms with E-state index in [1.54, 1.807) is 24.6 Å². The molecular formula is C28H27N3O4. The molecule has 0 unspecified atom stereocenters. The molecule has 1 aliphatic heterocycles. The molecule has 35 heavy (non-hydrogen) atoms. The first kappa shape index (κ1) is 22.7. The summed E-state index contributed by atoms with van der Waals surface area (Å²) in [5, 5.41) is 6.27. The molecule has 2 aliphatic rings. The molecule has 1 amide bonds. The molecule has 2 aromatic heterocycles. The van der Waals surface area contributed by atoms with E-state index in [0.29, 0.717) is 42.1 Å². The van der Waals surface area contributed by atoms with Crippen molar-refractivity contribution in [3.63, 3.8) is 0 Å². The number of nitrogens with one attached hydrogen (secondary N) is 2. The third-order valence-electron chi connectivity index (χ3n) is 6.45. The van der Waals surface area contributed by atoms with Crippen molar-refractivity contribution in [2.75, 3.05) is 11.9 Å². The van der Waals surface area contributed by atoms with Gasteiger partial charge in [0.1, 0.15) is 17.3 Å². The summed E-state index contributed by atoms with van der Waals surface area (Å²) in [7, 11) is 0. The number of hydrogen-bond acceptors (Lipinski definition) is 6. The van der Waals surface area contributed by atoms with Crippen LogP contribution in [0.5, 0.6) is 5.75 Å². The first-order chi connectivity index (χ1) is 17.0. The van der Waals surface area contributed by atoms with Gasteiger partial charge in [-0.3, -0.25) is 9.59 Å². The number of dihydropyridines is 1. The Morgan fingerprint density at radius 1 is 1.14 bits per heavy atom. The number of aromatic nitrogens is 1. The number of pyridine rings is 1. The first-order valence-electron chi connectivity index (χ1n) is 11.8. The molecule has 0 bridgehead atoms. The van der Waals surface area contributed by atoms with Gasteiger partial charge in [0.15, 0.2) is 5.78 Å². The van der Waals surface area contributed by atoms with Crippen molar-refractivity contribution in [1.29, 1.82) is 0 Å². The third kappa shape index (κ3) is 4.49. The second-order valence-corrected chi connectivity index (χ2v) is 8.70. The van der Waals surface area contributed by atoms with E-state index in [2.05, 4.69) is 15.6 Å². The van der Waals surface area contributed by atoms with Crippen molar-refractivity contribution < 1.29 is 18.7 Å². The summed E-state index contributed by atoms with van der Waals surface area (Å²) >= 11 is 0. The molecule has 0 saturated carbocycles. The predicted octanol–water partition coefficient (Wildman–Crippen LogP) is 5.07. The van der Waals surface area contributed by atoms with Gasteiger partial charge in [0.05, 0.1) is 12.9 Å². The second kappa shape index (κ2) is 9.62. The van der Waals surface area contributed by atoms with Gasteiger partial charge in [0, 0.05) is 47.0 Å². The van der Waals surface area contributed by atoms with Crippen LogP contribution in [0.4, 0.5) is 5.82 Å². The summed E-state index contributed by atoms with van der Waals surface area (Å²) in [5.41, 5.74) is 3.55. The molecule has 178 valence electrons. The van der Waals surface area contributed by atoms with Crippen LogP contribution < -0.4 is 15.4 Å². The Labute approximate surface area is 203 Å². The van der Waals surface area contributed by atoms with Crippen LogP contribution in [0.1, 0.15) is 49.8 Å². The monoisotopic (exact) mass is 469 g/mol. The van der Waals surface area contributed by atoms with Gasteiger partial charge in [0.25, 0.3) is 5.91 Å². The Morgan fingerprint density at radius 2 is 1.97 bits per heavy atom. The third-order valence-corrected chi connectivity index (χ3v) is 6.45. The lowest BCUT2D eigenvalue weighted by Gasteiger charge is -2.36. The number of ketones is 1. The summed E-state index contributed by atoms with van der Waals surface area (Å²) in [6.45, 7) is 4.37. The standard InChI is InChI=1S/C28H27N3O4/c1-3-34-20-11-9-18(10-12-20)26-25(28(33)31-24-8-4-5-13-29-24)17(2)30-21-15-19(16-22(32)27(21)26)23-7-6-14-35-23/h4-14,19,26,30H,3,15-16H2,1-2H3,(H,29,31,33)/t19-,26+/m0/s1. The van der Waals surface area contributed by atoms with Gasteiger partial charge in [-0.25, -0.2) is 4.98 Å². The highest BCUT2D eigenvalue weighted by Gasteiger charge is 2.41. The number of ether oxygens (including phenoxy) is 1. The second-order valence-electron chi connectivity index (χ2n) is 8.70. The zero-order valence-corrected chi connectivity index (χ0v) is 19.7. The minimum atomic E-state index is -0.504. The van der Waals surface area contributed by atoms with E-state index >= 15 is 0 Å². The minimum Gasteiger partial charge on any atom is -0.494 e. The normalized spacial score (nSPS) is 19.8. The molecule has 3 aromatic rings. The van der Waals surface area contributed by atoms with Crippen molar-refractivity contribution in [2.24, 2.45) is 0 Å². The molecule has 7 nitrogen and oxygen atoms in total. The summed E-state index contributed by atoms with van der Waals surface area (Å²) < 4.78 is 11.2. The van der Waals surface area contributed by atoms with E-state index in [0.717, 1.165) is 22.8 Å². The van der Waals surface area contributed by atoms with Crippen LogP contribution in [0.15, 0.2) is 94.0 Å². The number of Topliss-reactive ketones (excluding diaryl/α,β-unsaturated/α-hetero) is 1. The number of amides is 1. The summed E-state index contributed by atoms with van der Waals surface area (Å²) in [5.74, 6) is 1.17. The Hall–Kier alpha value is -4.13. The molecule has 1 aromatic carbocycles. The number of rotatable bonds is 6. The highest BCUT2D eigenvalue weighted by Crippen LogP contribution is 2.45. The molecule has 0 spiro atoms. The summed E-state index contributed by atoms with van der Waals surface area (Å²) in [6, 6.07) is 16.7. The Kier molecular flexibility index (Phi) is 6.23. The number of hydrogen-bond donors (Lipinski definition) is 2. The largest absolute Gasteiger partial charge is 0.494 e. The van der Waals surface area contributed by atoms with E-state index in [9.17, 15) is 9.59 Å². The Bertz CT molecular complexity index is 1290. The molecule has 2 atom stereocenters. The fourth-order valence-corrected chi connectivity index (χ4v) is 4.94. The zero-order chi connectivity index (χ0) is 24.4. The van der Waals surface area contributed by atoms with E-state index in [1.165, 1.54) is 0 Å². The fraction of sp³-hybridized carbons (Fsp3) is 0.250. The lowest BCUT2D eigenvalue weighted by Crippen LogP contribution is -2.37. The van der Waals surface area contributed by atoms with Crippen LogP contribution in [0.3, 0.4) is 0 Å². The van der Waals surface area contributed by atoms with Crippen molar-refractivity contribution in [3.8, 4) is 5.75 Å². The highest BCUT2D eigenvalue weighted by atomic mass is 16.5. The molecule has 1 aliphatic carbocycles. The van der Waals surface area contributed by atoms with Gasteiger partial charge in [-0.1, -0.05) is 18.2 Å². The van der Waals surface area contributed by atoms with Gasteiger partial charge in [-0.15, -0.1) is 0 Å². The van der Waals surface area contributed by atoms with Gasteiger partial charge in [0.2, 0.25) is 0 Å². The molecule has 3 heterocycles. The zero-order valence-electron chi connectivity index (χ0n) is 19.7. The topological polar surface area (TPSA) is 93.5 Å². The maximum absolute atomic E-state index is 13.6. The molecule has 2 N–H and O–H groups in total. The number of carbonyl (C=O) groups is 2. The highest BCUT2D eigenvalue weighted by molar-refractivity contribution is 6.09. The summed E-state index contributed by atoms with van der Waals surface area (Å²) in [6.07, 6.45) is 4.22. The molecule has 0 fully saturated rings. The quantitative estimate of drug-likeness (QED) is 0.523. The molecular weight excluding hydrogens is 442 g/mol. The smallest absolute Gasteiger partial charge is 0.255 e. The van der Waals surface area contributed by atoms with Gasteiger partial charge in [-0.05, 0) is 62.2 Å². The van der Waals surface area contributed by atoms with Crippen molar-refractivity contribution in [2.45, 2.75) is 38.5 Å². The SMILES string of the molecule is CCOc1ccc([C@@H]2C(C(=O)Nc3ccccn3)=C(C)NC3=C2C(=O)C[C@@H](c2ccco2)C3)cc1. The first-order valence-corrected chi connectivity index (χ1v) is 11.8. The number of carbonyl (C=O) groups excluding carboxylic acids is 2. The maximum Gasteiger partial charge on any atom is 0.255 e. The van der Waals surface area contributed by atoms with Crippen LogP contribution in [0, 0.1) is 0 Å². The van der Waals surface area contributed by atoms with Crippen LogP contribution in [0.25, 0.3) is 0 Å². The van der Waals surface area contributed by atoms with Crippen molar-refractivity contribution in [1.82, 2.24) is 10.3 Å². The van der Waals surface area contributed by atoms with Crippen molar-refractivity contribution >= 4 is 17.5 Å². The average molecular weight is 470 g/mol. The van der Waals surface area contributed by atoms with Crippen LogP contribution in [-0.2, 0) is 9.59 Å². The Balaban J connectivity index is 1.56. The van der Waals surface area contributed by atoms with Gasteiger partial charge in [-0.2, -0.15) is 0 Å². The summed E-state index contributed by atoms with van der Waals surface area (Å²) in [4.78, 5) is 31.4. The number of furan rings is 1. The van der Waals surface area contributed by atoms with Crippen molar-refractivity contribution in [3.05, 3.63) is 101 Å². The van der Waals surface area contributed by atoms with Gasteiger partial charge < -0.3 is 19.8 Å². The number of benzene rings is 1. The molecule has 0 radical (unpaired) electrons. The number of allylic oxidation sites excluding steroid dienone is 3. The minimum absolute atomic E-state index is 0.00895. The van der Waals surface area contributed by atoms with Gasteiger partial charge >= 0.3 is 0 Å². The average Bonchev–Trinajstić information content (AvgIpc) is 3.39. The van der Waals surface area contributed by atoms with E-state index in [4.69, 9.17) is 9.15 Å². The van der Waals surface area contributed by atoms with E-state index in [1.807, 2.05) is 56.3 Å². The molecule has 5 rings (SSSR count). The predicted molar refractivity (Wildman–Crippen MR) is 132 cm³/mol. The Morgan fingerprint density at radius 3 is 2.66 bits per heavy atom. The maximum atomic E-state index is 13.6. The number of anilines is 1. The lowest BCUT2D eigenvalue weighted by atomic mass is 9.72. The van der Waals surface area contributed by atoms with E-state index < -0.39 is 5.92 Å². The van der Waals surface area contributed by atoms with E-state index in [-0.39, 0.29) is 17.6 Å². The number of nitrogens with zero attached hydrogens (tertiary/aromatic N) is 1.